The molecule has 0 aliphatic heterocycles. The molecule has 0 saturated heterocycles. The Morgan fingerprint density at radius 2 is 1.73 bits per heavy atom. The number of alkyl halides is 3. The van der Waals surface area contributed by atoms with Crippen LogP contribution in [0.5, 0.6) is 5.75 Å². The molecule has 11 heteroatoms. The number of carbonyl (C=O) groups is 1. The van der Waals surface area contributed by atoms with Crippen molar-refractivity contribution >= 4 is 5.91 Å². The Morgan fingerprint density at radius 3 is 2.33 bits per heavy atom. The van der Waals surface area contributed by atoms with Crippen molar-refractivity contribution in [1.82, 2.24) is 15.3 Å². The van der Waals surface area contributed by atoms with Crippen molar-refractivity contribution in [3.63, 3.8) is 0 Å². The fourth-order valence-corrected chi connectivity index (χ4v) is 2.57. The number of hydrogen-bond acceptors (Lipinski definition) is 4. The van der Waals surface area contributed by atoms with Gasteiger partial charge in [0.1, 0.15) is 17.3 Å². The minimum absolute atomic E-state index is 0.00781. The molecular formula is C19H12F5N3O3. The number of rotatable bonds is 5. The smallest absolute Gasteiger partial charge is 0.406 e. The molecule has 1 aromatic carbocycles. The summed E-state index contributed by atoms with van der Waals surface area (Å²) in [5, 5.41) is 2.43. The Bertz CT molecular complexity index is 1090. The summed E-state index contributed by atoms with van der Waals surface area (Å²) in [7, 11) is 0. The van der Waals surface area contributed by atoms with Crippen molar-refractivity contribution in [2.24, 2.45) is 0 Å². The van der Waals surface area contributed by atoms with Gasteiger partial charge in [0.2, 0.25) is 11.5 Å². The molecule has 3 aromatic rings. The van der Waals surface area contributed by atoms with Gasteiger partial charge < -0.3 is 15.0 Å². The van der Waals surface area contributed by atoms with Gasteiger partial charge in [0.05, 0.1) is 11.6 Å². The molecule has 2 aromatic heterocycles. The second-order valence-corrected chi connectivity index (χ2v) is 5.97. The number of carbonyl (C=O) groups excluding carboxylic acids is 1. The SMILES string of the molecule is O=C(N[C@@H](c1ccc(OC(F)(F)F)cc1)c1nc(F)ccc1F)c1ccc(=O)[nH]c1. The van der Waals surface area contributed by atoms with E-state index in [9.17, 15) is 31.5 Å². The number of ether oxygens (including phenoxy) is 1. The Morgan fingerprint density at radius 1 is 1.03 bits per heavy atom. The van der Waals surface area contributed by atoms with Gasteiger partial charge >= 0.3 is 6.36 Å². The van der Waals surface area contributed by atoms with Crippen LogP contribution >= 0.6 is 0 Å². The molecule has 2 N–H and O–H groups in total. The van der Waals surface area contributed by atoms with Gasteiger partial charge in [-0.15, -0.1) is 13.2 Å². The van der Waals surface area contributed by atoms with Crippen LogP contribution in [0.2, 0.25) is 0 Å². The fourth-order valence-electron chi connectivity index (χ4n) is 2.57. The van der Waals surface area contributed by atoms with Gasteiger partial charge in [-0.1, -0.05) is 12.1 Å². The first kappa shape index (κ1) is 21.0. The van der Waals surface area contributed by atoms with Crippen LogP contribution < -0.4 is 15.6 Å². The van der Waals surface area contributed by atoms with Gasteiger partial charge in [0.25, 0.3) is 5.91 Å². The zero-order chi connectivity index (χ0) is 21.9. The van der Waals surface area contributed by atoms with Crippen LogP contribution in [0.1, 0.15) is 27.7 Å². The quantitative estimate of drug-likeness (QED) is 0.485. The van der Waals surface area contributed by atoms with E-state index >= 15 is 0 Å². The first-order valence-corrected chi connectivity index (χ1v) is 8.29. The van der Waals surface area contributed by atoms with Crippen LogP contribution in [-0.2, 0) is 0 Å². The zero-order valence-electron chi connectivity index (χ0n) is 14.8. The van der Waals surface area contributed by atoms with Gasteiger partial charge in [0, 0.05) is 12.3 Å². The van der Waals surface area contributed by atoms with Crippen molar-refractivity contribution in [3.05, 3.63) is 93.7 Å². The van der Waals surface area contributed by atoms with Crippen molar-refractivity contribution in [2.45, 2.75) is 12.4 Å². The summed E-state index contributed by atoms with van der Waals surface area (Å²) < 4.78 is 68.7. The number of aromatic amines is 1. The van der Waals surface area contributed by atoms with Gasteiger partial charge in [-0.05, 0) is 35.9 Å². The lowest BCUT2D eigenvalue weighted by molar-refractivity contribution is -0.274. The van der Waals surface area contributed by atoms with Crippen LogP contribution in [0.3, 0.4) is 0 Å². The Balaban J connectivity index is 1.97. The van der Waals surface area contributed by atoms with Gasteiger partial charge in [-0.2, -0.15) is 4.39 Å². The van der Waals surface area contributed by atoms with E-state index < -0.39 is 47.1 Å². The average Bonchev–Trinajstić information content (AvgIpc) is 2.68. The molecule has 0 aliphatic carbocycles. The van der Waals surface area contributed by atoms with Gasteiger partial charge in [-0.3, -0.25) is 9.59 Å². The molecule has 1 atom stereocenters. The highest BCUT2D eigenvalue weighted by molar-refractivity contribution is 5.94. The van der Waals surface area contributed by atoms with Crippen molar-refractivity contribution in [3.8, 4) is 5.75 Å². The van der Waals surface area contributed by atoms with E-state index in [2.05, 4.69) is 20.0 Å². The third kappa shape index (κ3) is 5.19. The highest BCUT2D eigenvalue weighted by atomic mass is 19.4. The standard InChI is InChI=1S/C19H12F5N3O3/c20-13-6-7-14(21)26-17(13)16(27-18(29)11-3-8-15(28)25-9-11)10-1-4-12(5-2-10)30-19(22,23)24/h1-9,16H,(H,25,28)(H,27,29)/t16-/m0/s1. The van der Waals surface area contributed by atoms with E-state index in [0.717, 1.165) is 48.7 Å². The van der Waals surface area contributed by atoms with Crippen molar-refractivity contribution in [2.75, 3.05) is 0 Å². The molecule has 2 heterocycles. The number of benzene rings is 1. The Labute approximate surface area is 165 Å². The van der Waals surface area contributed by atoms with E-state index in [1.54, 1.807) is 0 Å². The van der Waals surface area contributed by atoms with Crippen LogP contribution in [0, 0.1) is 11.8 Å². The Hall–Kier alpha value is -3.76. The normalized spacial score (nSPS) is 12.3. The predicted octanol–water partition coefficient (Wildman–Crippen LogP) is 3.47. The monoisotopic (exact) mass is 425 g/mol. The number of halogens is 5. The summed E-state index contributed by atoms with van der Waals surface area (Å²) in [6.07, 6.45) is -3.79. The highest BCUT2D eigenvalue weighted by Gasteiger charge is 2.31. The second kappa shape index (κ2) is 8.31. The number of nitrogens with zero attached hydrogens (tertiary/aromatic N) is 1. The summed E-state index contributed by atoms with van der Waals surface area (Å²) in [5.41, 5.74) is -0.828. The van der Waals surface area contributed by atoms with E-state index in [1.165, 1.54) is 6.07 Å². The molecular weight excluding hydrogens is 413 g/mol. The van der Waals surface area contributed by atoms with Crippen LogP contribution in [0.4, 0.5) is 22.0 Å². The molecule has 6 nitrogen and oxygen atoms in total. The van der Waals surface area contributed by atoms with Gasteiger partial charge in [0.15, 0.2) is 0 Å². The second-order valence-electron chi connectivity index (χ2n) is 5.97. The minimum Gasteiger partial charge on any atom is -0.406 e. The summed E-state index contributed by atoms with van der Waals surface area (Å²) in [4.78, 5) is 29.4. The van der Waals surface area contributed by atoms with E-state index in [-0.39, 0.29) is 11.1 Å². The molecule has 0 bridgehead atoms. The summed E-state index contributed by atoms with van der Waals surface area (Å²) >= 11 is 0. The van der Waals surface area contributed by atoms with E-state index in [4.69, 9.17) is 0 Å². The van der Waals surface area contributed by atoms with E-state index in [0.29, 0.717) is 0 Å². The average molecular weight is 425 g/mol. The summed E-state index contributed by atoms with van der Waals surface area (Å²) in [6, 6.07) is 6.74. The number of nitrogens with one attached hydrogen (secondary N) is 2. The zero-order valence-corrected chi connectivity index (χ0v) is 14.8. The lowest BCUT2D eigenvalue weighted by Gasteiger charge is -2.20. The summed E-state index contributed by atoms with van der Waals surface area (Å²) in [5.74, 6) is -3.27. The number of amides is 1. The number of H-pyrrole nitrogens is 1. The molecule has 0 spiro atoms. The molecule has 156 valence electrons. The fraction of sp³-hybridized carbons (Fsp3) is 0.105. The summed E-state index contributed by atoms with van der Waals surface area (Å²) in [6.45, 7) is 0. The molecule has 0 aliphatic rings. The number of pyridine rings is 2. The van der Waals surface area contributed by atoms with E-state index in [1.807, 2.05) is 0 Å². The lowest BCUT2D eigenvalue weighted by Crippen LogP contribution is -2.31. The highest BCUT2D eigenvalue weighted by Crippen LogP contribution is 2.28. The molecule has 0 fully saturated rings. The molecule has 0 unspecified atom stereocenters. The minimum atomic E-state index is -4.91. The first-order valence-electron chi connectivity index (χ1n) is 8.29. The van der Waals surface area contributed by atoms with Crippen molar-refractivity contribution in [1.29, 1.82) is 0 Å². The topological polar surface area (TPSA) is 84.1 Å². The largest absolute Gasteiger partial charge is 0.573 e. The predicted molar refractivity (Wildman–Crippen MR) is 93.6 cm³/mol. The molecule has 1 amide bonds. The third-order valence-corrected chi connectivity index (χ3v) is 3.88. The maximum atomic E-state index is 14.3. The van der Waals surface area contributed by atoms with Gasteiger partial charge in [-0.25, -0.2) is 9.37 Å². The van der Waals surface area contributed by atoms with Crippen LogP contribution in [-0.4, -0.2) is 22.2 Å². The first-order chi connectivity index (χ1) is 14.1. The molecule has 0 saturated carbocycles. The lowest BCUT2D eigenvalue weighted by atomic mass is 10.0. The maximum absolute atomic E-state index is 14.3. The number of hydrogen-bond donors (Lipinski definition) is 2. The number of aromatic nitrogens is 2. The van der Waals surface area contributed by atoms with Crippen LogP contribution in [0.15, 0.2) is 59.5 Å². The Kier molecular flexibility index (Phi) is 5.81. The van der Waals surface area contributed by atoms with Crippen LogP contribution in [0.25, 0.3) is 0 Å². The molecule has 30 heavy (non-hydrogen) atoms. The van der Waals surface area contributed by atoms with Crippen molar-refractivity contribution < 1.29 is 31.5 Å². The molecule has 0 radical (unpaired) electrons. The third-order valence-electron chi connectivity index (χ3n) is 3.88. The maximum Gasteiger partial charge on any atom is 0.573 e. The molecule has 3 rings (SSSR count).